The fraction of sp³-hybridized carbons (Fsp3) is 0.294. The second-order valence-corrected chi connectivity index (χ2v) is 12.0. The number of rotatable bonds is 5. The van der Waals surface area contributed by atoms with Gasteiger partial charge in [0.2, 0.25) is 10.0 Å². The van der Waals surface area contributed by atoms with Crippen molar-refractivity contribution in [1.82, 2.24) is 4.31 Å². The zero-order valence-corrected chi connectivity index (χ0v) is 18.1. The molecule has 0 saturated carbocycles. The van der Waals surface area contributed by atoms with Crippen molar-refractivity contribution in [3.05, 3.63) is 53.0 Å². The first-order chi connectivity index (χ1) is 13.1. The van der Waals surface area contributed by atoms with E-state index in [1.165, 1.54) is 16.4 Å². The van der Waals surface area contributed by atoms with E-state index in [2.05, 4.69) is 21.2 Å². The van der Waals surface area contributed by atoms with Gasteiger partial charge in [-0.1, -0.05) is 35.4 Å². The van der Waals surface area contributed by atoms with Gasteiger partial charge in [0.15, 0.2) is 0 Å². The van der Waals surface area contributed by atoms with E-state index >= 15 is 0 Å². The molecule has 162 valence electrons. The molecule has 29 heavy (non-hydrogen) atoms. The van der Waals surface area contributed by atoms with E-state index in [-0.39, 0.29) is 29.7 Å². The molecular weight excluding hydrogens is 503 g/mol. The average Bonchev–Trinajstić information content (AvgIpc) is 2.61. The highest BCUT2D eigenvalue weighted by molar-refractivity contribution is 9.10. The number of benzene rings is 2. The summed E-state index contributed by atoms with van der Waals surface area (Å²) in [6.45, 7) is 0.471. The molecule has 4 nitrogen and oxygen atoms in total. The van der Waals surface area contributed by atoms with Gasteiger partial charge < -0.3 is 5.32 Å². The predicted octanol–water partition coefficient (Wildman–Crippen LogP) is 6.37. The molecule has 1 saturated heterocycles. The second kappa shape index (κ2) is 6.82. The zero-order chi connectivity index (χ0) is 21.6. The van der Waals surface area contributed by atoms with E-state index < -0.39 is 25.1 Å². The van der Waals surface area contributed by atoms with Gasteiger partial charge in [0, 0.05) is 29.3 Å². The van der Waals surface area contributed by atoms with Crippen LogP contribution in [0.15, 0.2) is 62.8 Å². The minimum Gasteiger partial charge on any atom is -0.382 e. The molecule has 1 aliphatic rings. The Morgan fingerprint density at radius 1 is 0.897 bits per heavy atom. The minimum atomic E-state index is -9.69. The molecule has 0 spiro atoms. The van der Waals surface area contributed by atoms with E-state index in [0.29, 0.717) is 25.0 Å². The summed E-state index contributed by atoms with van der Waals surface area (Å²) < 4.78 is 91.3. The summed E-state index contributed by atoms with van der Waals surface area (Å²) in [6.07, 6.45) is 0.859. The Balaban J connectivity index is 1.62. The first-order valence-electron chi connectivity index (χ1n) is 8.52. The maximum Gasteiger partial charge on any atom is 0.310 e. The molecule has 1 N–H and O–H groups in total. The molecule has 12 heteroatoms. The molecule has 0 bridgehead atoms. The highest BCUT2D eigenvalue weighted by atomic mass is 79.9. The standard InChI is InChI=1S/C17H18BrF5N2O2S2/c18-13-1-5-16(6-2-13)28(26,27)25-11-9-15(10-12-25)24-14-3-7-17(8-4-14)29(19,20,21,22)23/h1-8,15,24H,9-12H2. The van der Waals surface area contributed by atoms with Gasteiger partial charge in [-0.2, -0.15) is 4.31 Å². The molecule has 0 radical (unpaired) electrons. The number of hydrogen-bond acceptors (Lipinski definition) is 3. The molecule has 0 atom stereocenters. The SMILES string of the molecule is O=S(=O)(c1ccc(Br)cc1)N1CCC(Nc2ccc(S(F)(F)(F)(F)F)cc2)CC1. The smallest absolute Gasteiger partial charge is 0.310 e. The van der Waals surface area contributed by atoms with Crippen LogP contribution in [0.3, 0.4) is 0 Å². The first kappa shape index (κ1) is 22.3. The molecule has 0 unspecified atom stereocenters. The van der Waals surface area contributed by atoms with Gasteiger partial charge in [0.05, 0.1) is 4.90 Å². The van der Waals surface area contributed by atoms with Crippen LogP contribution in [0.4, 0.5) is 25.1 Å². The van der Waals surface area contributed by atoms with E-state index in [1.54, 1.807) is 12.1 Å². The molecule has 2 aromatic rings. The van der Waals surface area contributed by atoms with E-state index in [9.17, 15) is 27.8 Å². The lowest BCUT2D eigenvalue weighted by atomic mass is 10.1. The zero-order valence-electron chi connectivity index (χ0n) is 14.9. The third-order valence-electron chi connectivity index (χ3n) is 4.58. The van der Waals surface area contributed by atoms with Gasteiger partial charge in [-0.25, -0.2) is 8.42 Å². The third kappa shape index (κ3) is 5.41. The Hall–Kier alpha value is -1.37. The van der Waals surface area contributed by atoms with Crippen molar-refractivity contribution >= 4 is 41.9 Å². The van der Waals surface area contributed by atoms with Crippen LogP contribution >= 0.6 is 26.2 Å². The summed E-state index contributed by atoms with van der Waals surface area (Å²) in [7, 11) is -13.3. The summed E-state index contributed by atoms with van der Waals surface area (Å²) in [5.74, 6) is 0. The normalized spacial score (nSPS) is 19.4. The third-order valence-corrected chi connectivity index (χ3v) is 8.18. The maximum atomic E-state index is 12.8. The van der Waals surface area contributed by atoms with E-state index in [4.69, 9.17) is 0 Å². The molecule has 0 aliphatic carbocycles. The Morgan fingerprint density at radius 3 is 1.90 bits per heavy atom. The van der Waals surface area contributed by atoms with Crippen molar-refractivity contribution in [2.45, 2.75) is 28.7 Å². The fourth-order valence-electron chi connectivity index (χ4n) is 3.04. The Labute approximate surface area is 174 Å². The maximum absolute atomic E-state index is 12.8. The van der Waals surface area contributed by atoms with Crippen LogP contribution in [0.1, 0.15) is 12.8 Å². The average molecular weight is 521 g/mol. The van der Waals surface area contributed by atoms with Crippen molar-refractivity contribution in [1.29, 1.82) is 0 Å². The molecular formula is C17H18BrF5N2O2S2. The van der Waals surface area contributed by atoms with Gasteiger partial charge in [0.25, 0.3) is 0 Å². The topological polar surface area (TPSA) is 49.4 Å². The minimum absolute atomic E-state index is 0.179. The van der Waals surface area contributed by atoms with Gasteiger partial charge >= 0.3 is 10.2 Å². The fourth-order valence-corrected chi connectivity index (χ4v) is 5.42. The highest BCUT2D eigenvalue weighted by Crippen LogP contribution is 3.02. The lowest BCUT2D eigenvalue weighted by Gasteiger charge is -2.40. The number of hydrogen-bond donors (Lipinski definition) is 1. The van der Waals surface area contributed by atoms with Crippen LogP contribution in [0.5, 0.6) is 0 Å². The van der Waals surface area contributed by atoms with Crippen LogP contribution in [-0.2, 0) is 10.0 Å². The number of anilines is 1. The second-order valence-electron chi connectivity index (χ2n) is 6.77. The number of nitrogens with one attached hydrogen (secondary N) is 1. The van der Waals surface area contributed by atoms with Crippen LogP contribution in [0.25, 0.3) is 0 Å². The quantitative estimate of drug-likeness (QED) is 0.466. The van der Waals surface area contributed by atoms with Gasteiger partial charge in [-0.3, -0.25) is 0 Å². The van der Waals surface area contributed by atoms with Crippen LogP contribution in [0.2, 0.25) is 0 Å². The van der Waals surface area contributed by atoms with Gasteiger partial charge in [-0.05, 0) is 61.4 Å². The highest BCUT2D eigenvalue weighted by Gasteiger charge is 2.65. The van der Waals surface area contributed by atoms with E-state index in [1.807, 2.05) is 0 Å². The summed E-state index contributed by atoms with van der Waals surface area (Å²) in [5, 5.41) is 2.98. The van der Waals surface area contributed by atoms with Crippen molar-refractivity contribution in [2.24, 2.45) is 0 Å². The molecule has 0 aromatic heterocycles. The number of sulfonamides is 1. The molecule has 1 fully saturated rings. The van der Waals surface area contributed by atoms with Crippen molar-refractivity contribution in [2.75, 3.05) is 18.4 Å². The van der Waals surface area contributed by atoms with Crippen LogP contribution < -0.4 is 5.32 Å². The summed E-state index contributed by atoms with van der Waals surface area (Å²) in [6, 6.07) is 8.73. The summed E-state index contributed by atoms with van der Waals surface area (Å²) in [5.41, 5.74) is 0.268. The molecule has 1 aliphatic heterocycles. The predicted molar refractivity (Wildman–Crippen MR) is 107 cm³/mol. The van der Waals surface area contributed by atoms with Gasteiger partial charge in [0.1, 0.15) is 4.90 Å². The number of halogens is 6. The molecule has 0 amide bonds. The lowest BCUT2D eigenvalue weighted by Crippen LogP contribution is -2.42. The van der Waals surface area contributed by atoms with Crippen molar-refractivity contribution in [3.63, 3.8) is 0 Å². The summed E-state index contributed by atoms with van der Waals surface area (Å²) >= 11 is 3.25. The molecule has 3 rings (SSSR count). The first-order valence-corrected chi connectivity index (χ1v) is 12.7. The Kier molecular flexibility index (Phi) is 5.25. The van der Waals surface area contributed by atoms with Crippen molar-refractivity contribution < 1.29 is 27.8 Å². The van der Waals surface area contributed by atoms with Gasteiger partial charge in [-0.15, -0.1) is 0 Å². The molecule has 2 aromatic carbocycles. The van der Waals surface area contributed by atoms with Crippen molar-refractivity contribution in [3.8, 4) is 0 Å². The Bertz CT molecular complexity index is 990. The Morgan fingerprint density at radius 2 is 1.41 bits per heavy atom. The number of piperidine rings is 1. The lowest BCUT2D eigenvalue weighted by molar-refractivity contribution is 0.330. The van der Waals surface area contributed by atoms with E-state index in [0.717, 1.165) is 16.6 Å². The number of nitrogens with zero attached hydrogens (tertiary/aromatic N) is 1. The molecule has 1 heterocycles. The summed E-state index contributed by atoms with van der Waals surface area (Å²) in [4.78, 5) is -1.76. The van der Waals surface area contributed by atoms with Crippen LogP contribution in [-0.4, -0.2) is 31.9 Å². The van der Waals surface area contributed by atoms with Crippen LogP contribution in [0, 0.1) is 0 Å². The monoisotopic (exact) mass is 520 g/mol. The largest absolute Gasteiger partial charge is 0.382 e.